The number of aliphatic hydroxyl groups excluding tert-OH is 1. The summed E-state index contributed by atoms with van der Waals surface area (Å²) in [6, 6.07) is 0. The maximum Gasteiger partial charge on any atom is 0.346 e. The van der Waals surface area contributed by atoms with Crippen molar-refractivity contribution in [2.75, 3.05) is 6.61 Å². The van der Waals surface area contributed by atoms with E-state index in [1.54, 1.807) is 0 Å². The van der Waals surface area contributed by atoms with Crippen LogP contribution in [0.25, 0.3) is 0 Å². The first kappa shape index (κ1) is 24.7. The number of unbranched alkanes of at least 4 members (excludes halogenated alkanes) is 12. The van der Waals surface area contributed by atoms with Gasteiger partial charge in [0.25, 0.3) is 5.34 Å². The SMILES string of the molecule is CCCCCCCC/C=C\CCCCCCCCC(O)(CO)[P+](=O)[O-]. The largest absolute Gasteiger partial charge is 0.593 e. The molecule has 5 heteroatoms. The molecule has 0 radical (unpaired) electrons. The van der Waals surface area contributed by atoms with Gasteiger partial charge >= 0.3 is 8.03 Å². The Morgan fingerprint density at radius 1 is 0.840 bits per heavy atom. The molecular formula is C20H39O4P. The number of hydrogen-bond acceptors (Lipinski definition) is 4. The Hall–Kier alpha value is -0.280. The molecule has 2 atom stereocenters. The number of rotatable bonds is 18. The molecule has 0 saturated heterocycles. The minimum Gasteiger partial charge on any atom is -0.593 e. The normalized spacial score (nSPS) is 14.8. The minimum atomic E-state index is -2.99. The van der Waals surface area contributed by atoms with Crippen molar-refractivity contribution in [2.24, 2.45) is 0 Å². The van der Waals surface area contributed by atoms with Crippen LogP contribution in [-0.4, -0.2) is 22.2 Å². The molecule has 25 heavy (non-hydrogen) atoms. The summed E-state index contributed by atoms with van der Waals surface area (Å²) < 4.78 is 10.9. The van der Waals surface area contributed by atoms with Crippen molar-refractivity contribution in [2.45, 2.75) is 109 Å². The topological polar surface area (TPSA) is 80.6 Å². The third-order valence-electron chi connectivity index (χ3n) is 4.68. The second-order valence-electron chi connectivity index (χ2n) is 7.09. The van der Waals surface area contributed by atoms with Crippen molar-refractivity contribution in [3.05, 3.63) is 12.2 Å². The third kappa shape index (κ3) is 14.6. The van der Waals surface area contributed by atoms with E-state index in [0.29, 0.717) is 6.42 Å². The van der Waals surface area contributed by atoms with Gasteiger partial charge in [0.1, 0.15) is 6.61 Å². The predicted octanol–water partition coefficient (Wildman–Crippen LogP) is 5.20. The van der Waals surface area contributed by atoms with E-state index in [0.717, 1.165) is 25.7 Å². The first-order valence-corrected chi connectivity index (χ1v) is 11.4. The molecule has 0 aliphatic rings. The zero-order valence-electron chi connectivity index (χ0n) is 16.1. The number of allylic oxidation sites excluding steroid dienone is 2. The van der Waals surface area contributed by atoms with Gasteiger partial charge in [-0.2, -0.15) is 0 Å². The van der Waals surface area contributed by atoms with E-state index < -0.39 is 20.0 Å². The molecule has 0 amide bonds. The second-order valence-corrected chi connectivity index (χ2v) is 8.43. The minimum absolute atomic E-state index is 0.128. The van der Waals surface area contributed by atoms with Gasteiger partial charge in [0.15, 0.2) is 0 Å². The highest BCUT2D eigenvalue weighted by Crippen LogP contribution is 2.33. The summed E-state index contributed by atoms with van der Waals surface area (Å²) >= 11 is 0. The van der Waals surface area contributed by atoms with Crippen molar-refractivity contribution >= 4 is 8.03 Å². The van der Waals surface area contributed by atoms with E-state index in [2.05, 4.69) is 19.1 Å². The highest BCUT2D eigenvalue weighted by Gasteiger charge is 2.39. The lowest BCUT2D eigenvalue weighted by molar-refractivity contribution is -0.182. The van der Waals surface area contributed by atoms with Crippen molar-refractivity contribution < 1.29 is 19.7 Å². The Bertz CT molecular complexity index is 347. The van der Waals surface area contributed by atoms with Crippen LogP contribution >= 0.6 is 8.03 Å². The highest BCUT2D eigenvalue weighted by atomic mass is 31.1. The molecule has 0 aromatic carbocycles. The van der Waals surface area contributed by atoms with Gasteiger partial charge in [-0.3, -0.25) is 0 Å². The van der Waals surface area contributed by atoms with E-state index in [1.165, 1.54) is 57.8 Å². The van der Waals surface area contributed by atoms with Crippen LogP contribution in [0.1, 0.15) is 103 Å². The van der Waals surface area contributed by atoms with E-state index in [4.69, 9.17) is 5.11 Å². The van der Waals surface area contributed by atoms with Gasteiger partial charge < -0.3 is 15.1 Å². The van der Waals surface area contributed by atoms with Crippen LogP contribution in [0.3, 0.4) is 0 Å². The Morgan fingerprint density at radius 3 is 1.72 bits per heavy atom. The van der Waals surface area contributed by atoms with Gasteiger partial charge in [0, 0.05) is 6.42 Å². The fourth-order valence-corrected chi connectivity index (χ4v) is 3.34. The smallest absolute Gasteiger partial charge is 0.346 e. The molecule has 2 unspecified atom stereocenters. The summed E-state index contributed by atoms with van der Waals surface area (Å²) in [5.74, 6) is 0. The van der Waals surface area contributed by atoms with E-state index >= 15 is 0 Å². The zero-order valence-corrected chi connectivity index (χ0v) is 17.0. The van der Waals surface area contributed by atoms with Gasteiger partial charge in [-0.25, -0.2) is 0 Å². The first-order valence-electron chi connectivity index (χ1n) is 10.2. The summed E-state index contributed by atoms with van der Waals surface area (Å²) in [5.41, 5.74) is 0. The molecule has 148 valence electrons. The molecule has 0 saturated carbocycles. The van der Waals surface area contributed by atoms with Gasteiger partial charge in [-0.15, -0.1) is 0 Å². The molecule has 0 aliphatic heterocycles. The summed E-state index contributed by atoms with van der Waals surface area (Å²) in [4.78, 5) is 10.9. The van der Waals surface area contributed by atoms with Crippen molar-refractivity contribution in [1.29, 1.82) is 0 Å². The maximum absolute atomic E-state index is 10.9. The number of aliphatic hydroxyl groups is 2. The molecule has 0 aromatic heterocycles. The van der Waals surface area contributed by atoms with E-state index in [1.807, 2.05) is 0 Å². The van der Waals surface area contributed by atoms with Crippen LogP contribution in [-0.2, 0) is 4.57 Å². The summed E-state index contributed by atoms with van der Waals surface area (Å²) in [5, 5.41) is 16.7. The Morgan fingerprint density at radius 2 is 1.28 bits per heavy atom. The van der Waals surface area contributed by atoms with Gasteiger partial charge in [-0.05, 0) is 32.1 Å². The molecule has 0 aromatic rings. The van der Waals surface area contributed by atoms with Crippen LogP contribution in [0, 0.1) is 0 Å². The highest BCUT2D eigenvalue weighted by molar-refractivity contribution is 7.38. The molecule has 0 heterocycles. The summed E-state index contributed by atoms with van der Waals surface area (Å²) in [6.45, 7) is 1.54. The first-order chi connectivity index (χ1) is 12.1. The van der Waals surface area contributed by atoms with Crippen LogP contribution in [0.15, 0.2) is 12.2 Å². The molecule has 0 spiro atoms. The molecule has 0 fully saturated rings. The lowest BCUT2D eigenvalue weighted by atomic mass is 10.1. The predicted molar refractivity (Wildman–Crippen MR) is 104 cm³/mol. The quantitative estimate of drug-likeness (QED) is 0.196. The van der Waals surface area contributed by atoms with E-state index in [-0.39, 0.29) is 6.42 Å². The van der Waals surface area contributed by atoms with E-state index in [9.17, 15) is 14.6 Å². The fourth-order valence-electron chi connectivity index (χ4n) is 2.88. The van der Waals surface area contributed by atoms with Crippen molar-refractivity contribution in [3.8, 4) is 0 Å². The van der Waals surface area contributed by atoms with Gasteiger partial charge in [0.2, 0.25) is 0 Å². The third-order valence-corrected chi connectivity index (χ3v) is 5.73. The van der Waals surface area contributed by atoms with Crippen LogP contribution in [0.5, 0.6) is 0 Å². The second kappa shape index (κ2) is 17.1. The van der Waals surface area contributed by atoms with Crippen LogP contribution < -0.4 is 4.89 Å². The number of hydrogen-bond donors (Lipinski definition) is 2. The van der Waals surface area contributed by atoms with Gasteiger partial charge in [0.05, 0.1) is 0 Å². The lowest BCUT2D eigenvalue weighted by Crippen LogP contribution is -2.31. The average Bonchev–Trinajstić information content (AvgIpc) is 2.61. The molecule has 2 N–H and O–H groups in total. The average molecular weight is 375 g/mol. The standard InChI is InChI=1S/C20H39O4P/c1-2-3-4-5-6-7-8-9-10-11-12-13-14-15-16-17-18-20(22,19-21)25(23)24/h9-10,21-22H,2-8,11-19H2,1H3/b10-9-. The molecule has 4 nitrogen and oxygen atoms in total. The zero-order chi connectivity index (χ0) is 18.8. The Kier molecular flexibility index (Phi) is 17.0. The lowest BCUT2D eigenvalue weighted by Gasteiger charge is -2.16. The summed E-state index contributed by atoms with van der Waals surface area (Å²) in [7, 11) is -2.99. The monoisotopic (exact) mass is 374 g/mol. The molecule has 0 bridgehead atoms. The molecule has 0 rings (SSSR count). The van der Waals surface area contributed by atoms with Gasteiger partial charge in [-0.1, -0.05) is 81.4 Å². The molecule has 0 aliphatic carbocycles. The maximum atomic E-state index is 10.9. The molecular weight excluding hydrogens is 335 g/mol. The Labute approximate surface area is 155 Å². The fraction of sp³-hybridized carbons (Fsp3) is 0.900. The van der Waals surface area contributed by atoms with Crippen LogP contribution in [0.2, 0.25) is 0 Å². The Balaban J connectivity index is 3.33. The summed E-state index contributed by atoms with van der Waals surface area (Å²) in [6.07, 6.45) is 21.4. The van der Waals surface area contributed by atoms with Crippen molar-refractivity contribution in [1.82, 2.24) is 0 Å². The van der Waals surface area contributed by atoms with Crippen molar-refractivity contribution in [3.63, 3.8) is 0 Å². The van der Waals surface area contributed by atoms with Crippen LogP contribution in [0.4, 0.5) is 0 Å².